The molecule has 1 aromatic carbocycles. The van der Waals surface area contributed by atoms with Crippen molar-refractivity contribution in [2.45, 2.75) is 51.7 Å². The molecule has 0 radical (unpaired) electrons. The average molecular weight is 301 g/mol. The summed E-state index contributed by atoms with van der Waals surface area (Å²) in [5.74, 6) is 0.0588. The summed E-state index contributed by atoms with van der Waals surface area (Å²) >= 11 is 0. The van der Waals surface area contributed by atoms with Crippen molar-refractivity contribution in [1.82, 2.24) is 4.90 Å². The molecule has 1 aromatic rings. The minimum absolute atomic E-state index is 0.0326. The second-order valence-electron chi connectivity index (χ2n) is 7.22. The van der Waals surface area contributed by atoms with Crippen molar-refractivity contribution in [3.63, 3.8) is 0 Å². The fourth-order valence-corrected chi connectivity index (χ4v) is 3.54. The highest BCUT2D eigenvalue weighted by molar-refractivity contribution is 6.02. The van der Waals surface area contributed by atoms with E-state index in [1.807, 2.05) is 45.0 Å². The molecule has 1 heterocycles. The number of likely N-dealkylation sites (tertiary alicyclic amines) is 1. The van der Waals surface area contributed by atoms with E-state index in [1.54, 1.807) is 4.90 Å². The van der Waals surface area contributed by atoms with Gasteiger partial charge in [-0.1, -0.05) is 24.3 Å². The van der Waals surface area contributed by atoms with Crippen molar-refractivity contribution in [3.8, 4) is 0 Å². The number of ketones is 1. The number of benzene rings is 1. The molecule has 0 unspecified atom stereocenters. The van der Waals surface area contributed by atoms with E-state index in [0.717, 1.165) is 30.4 Å². The van der Waals surface area contributed by atoms with Gasteiger partial charge in [0.05, 0.1) is 0 Å². The number of Topliss-reactive ketones (excluding diaryl/α,β-unsaturated/α-hetero) is 1. The van der Waals surface area contributed by atoms with Crippen LogP contribution in [0, 0.1) is 5.92 Å². The molecule has 0 bridgehead atoms. The van der Waals surface area contributed by atoms with Crippen molar-refractivity contribution in [2.75, 3.05) is 6.54 Å². The van der Waals surface area contributed by atoms with E-state index in [4.69, 9.17) is 4.74 Å². The van der Waals surface area contributed by atoms with Crippen LogP contribution in [0.4, 0.5) is 4.79 Å². The molecule has 1 fully saturated rings. The van der Waals surface area contributed by atoms with Gasteiger partial charge in [-0.15, -0.1) is 0 Å². The van der Waals surface area contributed by atoms with Crippen LogP contribution in [0.2, 0.25) is 0 Å². The van der Waals surface area contributed by atoms with Crippen LogP contribution in [0.3, 0.4) is 0 Å². The summed E-state index contributed by atoms with van der Waals surface area (Å²) in [6.07, 6.45) is 2.26. The average Bonchev–Trinajstić information content (AvgIpc) is 3.02. The van der Waals surface area contributed by atoms with Crippen molar-refractivity contribution < 1.29 is 14.3 Å². The van der Waals surface area contributed by atoms with Gasteiger partial charge >= 0.3 is 6.09 Å². The lowest BCUT2D eigenvalue weighted by Crippen LogP contribution is -2.44. The second-order valence-corrected chi connectivity index (χ2v) is 7.22. The van der Waals surface area contributed by atoms with Crippen LogP contribution in [0.25, 0.3) is 0 Å². The van der Waals surface area contributed by atoms with Gasteiger partial charge in [0.1, 0.15) is 5.60 Å². The molecule has 2 aliphatic rings. The molecular formula is C18H23NO3. The minimum Gasteiger partial charge on any atom is -0.444 e. The van der Waals surface area contributed by atoms with Gasteiger partial charge in [-0.3, -0.25) is 4.79 Å². The Balaban J connectivity index is 1.78. The van der Waals surface area contributed by atoms with Crippen LogP contribution in [-0.4, -0.2) is 35.0 Å². The molecule has 22 heavy (non-hydrogen) atoms. The smallest absolute Gasteiger partial charge is 0.410 e. The Labute approximate surface area is 131 Å². The van der Waals surface area contributed by atoms with E-state index in [0.29, 0.717) is 6.54 Å². The number of ether oxygens (including phenoxy) is 1. The zero-order chi connectivity index (χ0) is 15.9. The Hall–Kier alpha value is -1.84. The Kier molecular flexibility index (Phi) is 3.71. The van der Waals surface area contributed by atoms with Crippen molar-refractivity contribution >= 4 is 11.9 Å². The van der Waals surface area contributed by atoms with Gasteiger partial charge in [-0.2, -0.15) is 0 Å². The summed E-state index contributed by atoms with van der Waals surface area (Å²) in [4.78, 5) is 26.8. The first-order valence-electron chi connectivity index (χ1n) is 7.98. The SMILES string of the molecule is CC(C)(C)OC(=O)N1CCC[C@@H]1[C@@H]1Cc2ccccc2C1=O. The third-order valence-corrected chi connectivity index (χ3v) is 4.45. The predicted octanol–water partition coefficient (Wildman–Crippen LogP) is 3.44. The van der Waals surface area contributed by atoms with Crippen LogP contribution in [0.1, 0.15) is 49.5 Å². The predicted molar refractivity (Wildman–Crippen MR) is 83.9 cm³/mol. The number of hydrogen-bond donors (Lipinski definition) is 0. The summed E-state index contributed by atoms with van der Waals surface area (Å²) < 4.78 is 5.50. The number of nitrogens with zero attached hydrogens (tertiary/aromatic N) is 1. The van der Waals surface area contributed by atoms with Gasteiger partial charge < -0.3 is 9.64 Å². The first kappa shape index (κ1) is 15.1. The third-order valence-electron chi connectivity index (χ3n) is 4.45. The maximum Gasteiger partial charge on any atom is 0.410 e. The first-order valence-corrected chi connectivity index (χ1v) is 7.98. The Morgan fingerprint density at radius 2 is 2.00 bits per heavy atom. The summed E-state index contributed by atoms with van der Waals surface area (Å²) in [5, 5.41) is 0. The molecular weight excluding hydrogens is 278 g/mol. The van der Waals surface area contributed by atoms with E-state index in [1.165, 1.54) is 0 Å². The lowest BCUT2D eigenvalue weighted by Gasteiger charge is -2.31. The van der Waals surface area contributed by atoms with E-state index in [2.05, 4.69) is 0 Å². The zero-order valence-electron chi connectivity index (χ0n) is 13.5. The van der Waals surface area contributed by atoms with Crippen molar-refractivity contribution in [2.24, 2.45) is 5.92 Å². The molecule has 1 saturated heterocycles. The van der Waals surface area contributed by atoms with E-state index in [-0.39, 0.29) is 23.8 Å². The van der Waals surface area contributed by atoms with Gasteiger partial charge in [0.2, 0.25) is 0 Å². The zero-order valence-corrected chi connectivity index (χ0v) is 13.5. The van der Waals surface area contributed by atoms with Crippen LogP contribution in [0.15, 0.2) is 24.3 Å². The first-order chi connectivity index (χ1) is 10.4. The van der Waals surface area contributed by atoms with Gasteiger partial charge in [0, 0.05) is 24.1 Å². The fourth-order valence-electron chi connectivity index (χ4n) is 3.54. The molecule has 0 N–H and O–H groups in total. The summed E-state index contributed by atoms with van der Waals surface area (Å²) in [6, 6.07) is 7.74. The molecule has 0 aromatic heterocycles. The van der Waals surface area contributed by atoms with Crippen LogP contribution in [-0.2, 0) is 11.2 Å². The maximum atomic E-state index is 12.7. The number of rotatable bonds is 1. The van der Waals surface area contributed by atoms with Gasteiger partial charge in [-0.25, -0.2) is 4.79 Å². The quantitative estimate of drug-likeness (QED) is 0.798. The molecule has 4 heteroatoms. The van der Waals surface area contributed by atoms with Gasteiger partial charge in [-0.05, 0) is 45.6 Å². The Bertz CT molecular complexity index is 603. The number of amides is 1. The number of hydrogen-bond acceptors (Lipinski definition) is 3. The summed E-state index contributed by atoms with van der Waals surface area (Å²) in [5.41, 5.74) is 1.42. The molecule has 1 aliphatic heterocycles. The summed E-state index contributed by atoms with van der Waals surface area (Å²) in [6.45, 7) is 6.28. The Morgan fingerprint density at radius 1 is 1.27 bits per heavy atom. The van der Waals surface area contributed by atoms with Crippen LogP contribution >= 0.6 is 0 Å². The fraction of sp³-hybridized carbons (Fsp3) is 0.556. The van der Waals surface area contributed by atoms with E-state index >= 15 is 0 Å². The molecule has 3 rings (SSSR count). The number of carbonyl (C=O) groups is 2. The molecule has 0 spiro atoms. The van der Waals surface area contributed by atoms with E-state index in [9.17, 15) is 9.59 Å². The topological polar surface area (TPSA) is 46.6 Å². The van der Waals surface area contributed by atoms with Crippen LogP contribution in [0.5, 0.6) is 0 Å². The monoisotopic (exact) mass is 301 g/mol. The van der Waals surface area contributed by atoms with Gasteiger partial charge in [0.15, 0.2) is 5.78 Å². The molecule has 2 atom stereocenters. The normalized spacial score (nSPS) is 24.5. The maximum absolute atomic E-state index is 12.7. The van der Waals surface area contributed by atoms with Gasteiger partial charge in [0.25, 0.3) is 0 Å². The molecule has 4 nitrogen and oxygen atoms in total. The minimum atomic E-state index is -0.507. The molecule has 1 amide bonds. The van der Waals surface area contributed by atoms with Crippen molar-refractivity contribution in [3.05, 3.63) is 35.4 Å². The van der Waals surface area contributed by atoms with E-state index < -0.39 is 5.60 Å². The highest BCUT2D eigenvalue weighted by atomic mass is 16.6. The standard InChI is InChI=1S/C18H23NO3/c1-18(2,3)22-17(21)19-10-6-9-15(19)14-11-12-7-4-5-8-13(12)16(14)20/h4-5,7-8,14-15H,6,9-11H2,1-3H3/t14-,15+/m0/s1. The summed E-state index contributed by atoms with van der Waals surface area (Å²) in [7, 11) is 0. The largest absolute Gasteiger partial charge is 0.444 e. The highest BCUT2D eigenvalue weighted by Gasteiger charge is 2.43. The third kappa shape index (κ3) is 2.74. The second kappa shape index (κ2) is 5.41. The molecule has 1 aliphatic carbocycles. The highest BCUT2D eigenvalue weighted by Crippen LogP contribution is 2.35. The van der Waals surface area contributed by atoms with Crippen LogP contribution < -0.4 is 0 Å². The van der Waals surface area contributed by atoms with Crippen molar-refractivity contribution in [1.29, 1.82) is 0 Å². The number of fused-ring (bicyclic) bond motifs is 1. The lowest BCUT2D eigenvalue weighted by molar-refractivity contribution is 0.0185. The molecule has 118 valence electrons. The molecule has 0 saturated carbocycles. The number of carbonyl (C=O) groups excluding carboxylic acids is 2. The Morgan fingerprint density at radius 3 is 2.68 bits per heavy atom. The lowest BCUT2D eigenvalue weighted by atomic mass is 9.93.